The summed E-state index contributed by atoms with van der Waals surface area (Å²) in [7, 11) is 0. The highest BCUT2D eigenvalue weighted by molar-refractivity contribution is 8.00. The normalized spacial score (nSPS) is 16.2. The van der Waals surface area contributed by atoms with Gasteiger partial charge in [-0.05, 0) is 61.2 Å². The number of Topliss-reactive ketones (excluding diaryl/α,β-unsaturated/α-hetero) is 1. The molecule has 1 fully saturated rings. The Balaban J connectivity index is 1.52. The number of anilines is 1. The van der Waals surface area contributed by atoms with E-state index in [-0.39, 0.29) is 22.3 Å². The molecule has 1 aliphatic heterocycles. The van der Waals surface area contributed by atoms with Gasteiger partial charge in [0.15, 0.2) is 4.34 Å². The minimum absolute atomic E-state index is 0.0222. The fraction of sp³-hybridized carbons (Fsp3) is 0.273. The lowest BCUT2D eigenvalue weighted by Crippen LogP contribution is -2.29. The van der Waals surface area contributed by atoms with Gasteiger partial charge in [-0.25, -0.2) is 4.39 Å². The summed E-state index contributed by atoms with van der Waals surface area (Å²) in [4.78, 5) is 28.5. The van der Waals surface area contributed by atoms with Crippen LogP contribution in [0.4, 0.5) is 9.52 Å². The molecule has 0 aliphatic carbocycles. The van der Waals surface area contributed by atoms with Gasteiger partial charge < -0.3 is 9.84 Å². The minimum atomic E-state index is -0.938. The number of ether oxygens (including phenoxy) is 1. The summed E-state index contributed by atoms with van der Waals surface area (Å²) < 4.78 is 20.5. The zero-order valence-corrected chi connectivity index (χ0v) is 25.8. The highest BCUT2D eigenvalue weighted by Gasteiger charge is 2.48. The molecule has 1 saturated heterocycles. The summed E-state index contributed by atoms with van der Waals surface area (Å²) in [5, 5.41) is 20.2. The second kappa shape index (κ2) is 13.5. The van der Waals surface area contributed by atoms with Gasteiger partial charge in [0.05, 0.1) is 18.2 Å². The molecule has 5 rings (SSSR count). The Bertz CT molecular complexity index is 1670. The van der Waals surface area contributed by atoms with Crippen molar-refractivity contribution in [1.82, 2.24) is 10.2 Å². The van der Waals surface area contributed by atoms with E-state index in [0.717, 1.165) is 41.7 Å². The average Bonchev–Trinajstić information content (AvgIpc) is 3.58. The number of hydrogen-bond acceptors (Lipinski definition) is 8. The smallest absolute Gasteiger partial charge is 0.301 e. The van der Waals surface area contributed by atoms with Crippen LogP contribution in [-0.4, -0.2) is 33.6 Å². The zero-order valence-electron chi connectivity index (χ0n) is 24.2. The molecule has 1 unspecified atom stereocenters. The maximum absolute atomic E-state index is 14.1. The van der Waals surface area contributed by atoms with Crippen molar-refractivity contribution in [3.8, 4) is 5.75 Å². The third kappa shape index (κ3) is 6.65. The van der Waals surface area contributed by atoms with Crippen molar-refractivity contribution in [3.05, 3.63) is 106 Å². The minimum Gasteiger partial charge on any atom is -0.507 e. The number of aliphatic hydroxyl groups excluding tert-OH is 1. The van der Waals surface area contributed by atoms with Gasteiger partial charge >= 0.3 is 5.91 Å². The van der Waals surface area contributed by atoms with Crippen LogP contribution in [0.15, 0.2) is 76.6 Å². The second-order valence-corrected chi connectivity index (χ2v) is 12.5. The Morgan fingerprint density at radius 2 is 1.81 bits per heavy atom. The molecule has 0 spiro atoms. The molecular formula is C33H32FN3O4S2. The van der Waals surface area contributed by atoms with E-state index in [4.69, 9.17) is 4.74 Å². The molecule has 10 heteroatoms. The molecule has 4 aromatic rings. The number of hydrogen-bond donors (Lipinski definition) is 1. The molecule has 0 radical (unpaired) electrons. The van der Waals surface area contributed by atoms with Crippen LogP contribution in [-0.2, 0) is 15.3 Å². The number of aliphatic hydroxyl groups is 1. The maximum Gasteiger partial charge on any atom is 0.301 e. The Morgan fingerprint density at radius 1 is 1.05 bits per heavy atom. The predicted octanol–water partition coefficient (Wildman–Crippen LogP) is 7.78. The van der Waals surface area contributed by atoms with E-state index >= 15 is 0 Å². The van der Waals surface area contributed by atoms with Crippen molar-refractivity contribution in [2.45, 2.75) is 56.2 Å². The number of unbranched alkanes of at least 4 members (excludes halogenated alkanes) is 2. The fourth-order valence-corrected chi connectivity index (χ4v) is 6.74. The number of nitrogens with zero attached hydrogens (tertiary/aromatic N) is 3. The van der Waals surface area contributed by atoms with Gasteiger partial charge in [0.25, 0.3) is 5.78 Å². The van der Waals surface area contributed by atoms with Gasteiger partial charge in [0.2, 0.25) is 5.13 Å². The number of ketones is 1. The molecule has 1 amide bonds. The number of aryl methyl sites for hydroxylation is 2. The average molecular weight is 618 g/mol. The molecule has 1 aliphatic rings. The molecule has 7 nitrogen and oxygen atoms in total. The number of carbonyl (C=O) groups excluding carboxylic acids is 2. The van der Waals surface area contributed by atoms with Gasteiger partial charge in [-0.2, -0.15) is 0 Å². The van der Waals surface area contributed by atoms with Crippen LogP contribution in [0.1, 0.15) is 60.0 Å². The van der Waals surface area contributed by atoms with E-state index in [9.17, 15) is 19.1 Å². The van der Waals surface area contributed by atoms with Crippen LogP contribution in [0, 0.1) is 19.7 Å². The quantitative estimate of drug-likeness (QED) is 0.0459. The number of aromatic nitrogens is 2. The monoisotopic (exact) mass is 617 g/mol. The van der Waals surface area contributed by atoms with E-state index < -0.39 is 17.7 Å². The van der Waals surface area contributed by atoms with Crippen molar-refractivity contribution < 1.29 is 23.8 Å². The van der Waals surface area contributed by atoms with E-state index in [1.165, 1.54) is 22.7 Å². The van der Waals surface area contributed by atoms with Crippen LogP contribution >= 0.6 is 23.1 Å². The first-order valence-electron chi connectivity index (χ1n) is 14.1. The Kier molecular flexibility index (Phi) is 9.57. The summed E-state index contributed by atoms with van der Waals surface area (Å²) in [6, 6.07) is 18.3. The van der Waals surface area contributed by atoms with Gasteiger partial charge in [0.1, 0.15) is 17.3 Å². The second-order valence-electron chi connectivity index (χ2n) is 10.3. The molecule has 0 bridgehead atoms. The largest absolute Gasteiger partial charge is 0.507 e. The fourth-order valence-electron chi connectivity index (χ4n) is 4.88. The first-order chi connectivity index (χ1) is 20.8. The summed E-state index contributed by atoms with van der Waals surface area (Å²) in [6.07, 6.45) is 3.12. The third-order valence-corrected chi connectivity index (χ3v) is 9.32. The lowest BCUT2D eigenvalue weighted by Gasteiger charge is -2.23. The van der Waals surface area contributed by atoms with Gasteiger partial charge in [-0.1, -0.05) is 90.9 Å². The highest BCUT2D eigenvalue weighted by atomic mass is 32.2. The highest BCUT2D eigenvalue weighted by Crippen LogP contribution is 2.44. The van der Waals surface area contributed by atoms with Crippen molar-refractivity contribution in [2.24, 2.45) is 0 Å². The topological polar surface area (TPSA) is 92.6 Å². The molecule has 1 aromatic heterocycles. The number of amides is 1. The molecular weight excluding hydrogens is 586 g/mol. The van der Waals surface area contributed by atoms with E-state index in [1.54, 1.807) is 48.5 Å². The summed E-state index contributed by atoms with van der Waals surface area (Å²) in [6.45, 7) is 6.46. The maximum atomic E-state index is 14.1. The predicted molar refractivity (Wildman–Crippen MR) is 168 cm³/mol. The molecule has 1 N–H and O–H groups in total. The van der Waals surface area contributed by atoms with Crippen molar-refractivity contribution in [1.29, 1.82) is 0 Å². The van der Waals surface area contributed by atoms with Gasteiger partial charge in [-0.15, -0.1) is 10.2 Å². The first-order valence-corrected chi connectivity index (χ1v) is 15.9. The van der Waals surface area contributed by atoms with Crippen molar-refractivity contribution in [3.63, 3.8) is 0 Å². The lowest BCUT2D eigenvalue weighted by atomic mass is 9.93. The van der Waals surface area contributed by atoms with Crippen LogP contribution in [0.5, 0.6) is 5.75 Å². The Hall–Kier alpha value is -4.02. The summed E-state index contributed by atoms with van der Waals surface area (Å²) >= 11 is 2.43. The van der Waals surface area contributed by atoms with Crippen molar-refractivity contribution >= 4 is 45.7 Å². The van der Waals surface area contributed by atoms with E-state index in [0.29, 0.717) is 39.1 Å². The molecule has 3 aromatic carbocycles. The van der Waals surface area contributed by atoms with Gasteiger partial charge in [-0.3, -0.25) is 14.5 Å². The first kappa shape index (κ1) is 30.4. The van der Waals surface area contributed by atoms with E-state index in [2.05, 4.69) is 17.1 Å². The van der Waals surface area contributed by atoms with Crippen LogP contribution in [0.25, 0.3) is 5.76 Å². The number of halogens is 1. The molecule has 1 atom stereocenters. The Labute approximate surface area is 258 Å². The summed E-state index contributed by atoms with van der Waals surface area (Å²) in [5.74, 6) is -1.16. The SMILES string of the molecule is CCCCCOc1ccc(C2C(=C(O)c3cc(C)ccc3C)C(=O)C(=O)N2c2nnc(SCc3ccccc3F)s2)cc1. The number of thioether (sulfide) groups is 1. The molecule has 0 saturated carbocycles. The number of benzene rings is 3. The zero-order chi connectivity index (χ0) is 30.5. The van der Waals surface area contributed by atoms with Crippen LogP contribution in [0.2, 0.25) is 0 Å². The van der Waals surface area contributed by atoms with Crippen LogP contribution in [0.3, 0.4) is 0 Å². The lowest BCUT2D eigenvalue weighted by molar-refractivity contribution is -0.132. The van der Waals surface area contributed by atoms with Crippen molar-refractivity contribution in [2.75, 3.05) is 11.5 Å². The van der Waals surface area contributed by atoms with E-state index in [1.807, 2.05) is 26.0 Å². The van der Waals surface area contributed by atoms with Crippen LogP contribution < -0.4 is 9.64 Å². The molecule has 43 heavy (non-hydrogen) atoms. The number of rotatable bonds is 11. The molecule has 222 valence electrons. The standard InChI is InChI=1S/C33H32FN3O4S2/c1-4-5-8-17-41-24-15-13-22(14-16-24)28-27(29(38)25-18-20(2)11-12-21(25)3)30(39)31(40)37(28)32-35-36-33(43-32)42-19-23-9-6-7-10-26(23)34/h6-7,9-16,18,28,38H,4-5,8,17,19H2,1-3H3. The third-order valence-electron chi connectivity index (χ3n) is 7.22. The van der Waals surface area contributed by atoms with Gasteiger partial charge in [0, 0.05) is 11.3 Å². The summed E-state index contributed by atoms with van der Waals surface area (Å²) in [5.41, 5.74) is 3.27. The Morgan fingerprint density at radius 3 is 2.56 bits per heavy atom. The molecule has 2 heterocycles. The number of carbonyl (C=O) groups is 2.